The molecular formula is C25H18F2N2O2. The van der Waals surface area contributed by atoms with Crippen LogP contribution in [0.25, 0.3) is 5.57 Å². The summed E-state index contributed by atoms with van der Waals surface area (Å²) in [6, 6.07) is 18.6. The van der Waals surface area contributed by atoms with Crippen LogP contribution >= 0.6 is 0 Å². The van der Waals surface area contributed by atoms with Crippen molar-refractivity contribution in [3.05, 3.63) is 101 Å². The lowest BCUT2D eigenvalue weighted by molar-refractivity contribution is -0.120. The molecule has 0 N–H and O–H groups in total. The highest BCUT2D eigenvalue weighted by molar-refractivity contribution is 6.46. The number of carbonyl (C=O) groups excluding carboxylic acids is 2. The Balaban J connectivity index is 1.70. The van der Waals surface area contributed by atoms with Crippen molar-refractivity contribution in [2.45, 2.75) is 12.8 Å². The molecule has 3 aromatic carbocycles. The van der Waals surface area contributed by atoms with Gasteiger partial charge in [0.15, 0.2) is 0 Å². The highest BCUT2D eigenvalue weighted by Gasteiger charge is 2.43. The number of benzene rings is 3. The van der Waals surface area contributed by atoms with Crippen LogP contribution in [0.4, 0.5) is 20.2 Å². The van der Waals surface area contributed by atoms with E-state index in [1.54, 1.807) is 0 Å². The van der Waals surface area contributed by atoms with E-state index in [0.717, 1.165) is 35.1 Å². The smallest absolute Gasteiger partial charge is 0.282 e. The number of nitrogens with zero attached hydrogens (tertiary/aromatic N) is 2. The number of halogens is 2. The van der Waals surface area contributed by atoms with Crippen LogP contribution in [-0.2, 0) is 16.0 Å². The zero-order chi connectivity index (χ0) is 21.5. The maximum atomic E-state index is 13.9. The Morgan fingerprint density at radius 3 is 2.32 bits per heavy atom. The van der Waals surface area contributed by atoms with Gasteiger partial charge in [0.2, 0.25) is 0 Å². The molecule has 0 bridgehead atoms. The highest BCUT2D eigenvalue weighted by atomic mass is 19.1. The Labute approximate surface area is 178 Å². The van der Waals surface area contributed by atoms with E-state index >= 15 is 0 Å². The predicted octanol–water partition coefficient (Wildman–Crippen LogP) is 4.70. The fraction of sp³-hybridized carbons (Fsp3) is 0.120. The van der Waals surface area contributed by atoms with Crippen LogP contribution in [0, 0.1) is 11.6 Å². The summed E-state index contributed by atoms with van der Waals surface area (Å²) in [7, 11) is 0. The molecule has 2 heterocycles. The summed E-state index contributed by atoms with van der Waals surface area (Å²) in [6.45, 7) is 0.563. The van der Waals surface area contributed by atoms with Crippen molar-refractivity contribution in [3.63, 3.8) is 0 Å². The molecule has 0 aliphatic carbocycles. The summed E-state index contributed by atoms with van der Waals surface area (Å²) >= 11 is 0. The number of anilines is 2. The van der Waals surface area contributed by atoms with Gasteiger partial charge in [-0.25, -0.2) is 13.7 Å². The number of para-hydroxylation sites is 1. The highest BCUT2D eigenvalue weighted by Crippen LogP contribution is 2.39. The van der Waals surface area contributed by atoms with Gasteiger partial charge in [-0.15, -0.1) is 0 Å². The third kappa shape index (κ3) is 3.20. The van der Waals surface area contributed by atoms with Crippen LogP contribution in [0.3, 0.4) is 0 Å². The van der Waals surface area contributed by atoms with E-state index in [1.807, 2.05) is 29.2 Å². The minimum atomic E-state index is -0.555. The minimum Gasteiger partial charge on any atom is -0.336 e. The number of fused-ring (bicyclic) bond motifs is 1. The molecule has 6 heteroatoms. The van der Waals surface area contributed by atoms with E-state index in [0.29, 0.717) is 12.1 Å². The lowest BCUT2D eigenvalue weighted by atomic mass is 9.98. The molecule has 0 radical (unpaired) electrons. The van der Waals surface area contributed by atoms with Crippen molar-refractivity contribution >= 4 is 28.8 Å². The van der Waals surface area contributed by atoms with Crippen LogP contribution in [0.2, 0.25) is 0 Å². The van der Waals surface area contributed by atoms with E-state index in [9.17, 15) is 18.4 Å². The maximum Gasteiger partial charge on any atom is 0.282 e. The largest absolute Gasteiger partial charge is 0.336 e. The summed E-state index contributed by atoms with van der Waals surface area (Å²) in [5.74, 6) is -2.06. The number of carbonyl (C=O) groups is 2. The van der Waals surface area contributed by atoms with Crippen LogP contribution < -0.4 is 9.80 Å². The van der Waals surface area contributed by atoms with Crippen molar-refractivity contribution in [2.75, 3.05) is 16.3 Å². The Kier molecular flexibility index (Phi) is 4.62. The van der Waals surface area contributed by atoms with E-state index in [-0.39, 0.29) is 17.0 Å². The molecule has 0 saturated carbocycles. The van der Waals surface area contributed by atoms with Crippen molar-refractivity contribution < 1.29 is 18.4 Å². The van der Waals surface area contributed by atoms with Gasteiger partial charge in [-0.05, 0) is 60.4 Å². The summed E-state index contributed by atoms with van der Waals surface area (Å²) in [5.41, 5.74) is 2.97. The summed E-state index contributed by atoms with van der Waals surface area (Å²) in [4.78, 5) is 29.9. The van der Waals surface area contributed by atoms with E-state index < -0.39 is 23.4 Å². The van der Waals surface area contributed by atoms with Gasteiger partial charge in [-0.3, -0.25) is 9.59 Å². The van der Waals surface area contributed by atoms with E-state index in [4.69, 9.17) is 0 Å². The zero-order valence-electron chi connectivity index (χ0n) is 16.5. The van der Waals surface area contributed by atoms with Crippen molar-refractivity contribution in [3.8, 4) is 0 Å². The number of imide groups is 1. The monoisotopic (exact) mass is 416 g/mol. The molecule has 0 aromatic heterocycles. The van der Waals surface area contributed by atoms with Crippen molar-refractivity contribution in [1.82, 2.24) is 0 Å². The lowest BCUT2D eigenvalue weighted by Gasteiger charge is -2.32. The van der Waals surface area contributed by atoms with Crippen LogP contribution in [0.5, 0.6) is 0 Å². The minimum absolute atomic E-state index is 0.162. The standard InChI is InChI=1S/C25H18F2N2O2/c26-18-12-10-17(11-13-18)22-23(28-14-4-6-16-5-1-2-9-21(16)28)25(31)29(24(22)30)20-8-3-7-19(27)15-20/h1-3,5,7-13,15H,4,6,14H2. The lowest BCUT2D eigenvalue weighted by Crippen LogP contribution is -2.37. The van der Waals surface area contributed by atoms with E-state index in [1.165, 1.54) is 42.5 Å². The van der Waals surface area contributed by atoms with Crippen molar-refractivity contribution in [2.24, 2.45) is 0 Å². The van der Waals surface area contributed by atoms with E-state index in [2.05, 4.69) is 0 Å². The molecule has 5 rings (SSSR count). The number of rotatable bonds is 3. The number of amides is 2. The molecule has 2 aliphatic heterocycles. The molecule has 4 nitrogen and oxygen atoms in total. The molecular weight excluding hydrogens is 398 g/mol. The first-order chi connectivity index (χ1) is 15.0. The van der Waals surface area contributed by atoms with Gasteiger partial charge in [0.25, 0.3) is 11.8 Å². The third-order valence-electron chi connectivity index (χ3n) is 5.64. The topological polar surface area (TPSA) is 40.6 Å². The van der Waals surface area contributed by atoms with Gasteiger partial charge < -0.3 is 4.90 Å². The molecule has 0 saturated heterocycles. The Bertz CT molecular complexity index is 1230. The van der Waals surface area contributed by atoms with Crippen LogP contribution in [-0.4, -0.2) is 18.4 Å². The molecule has 3 aromatic rings. The summed E-state index contributed by atoms with van der Waals surface area (Å²) < 4.78 is 27.4. The fourth-order valence-electron chi connectivity index (χ4n) is 4.26. The third-order valence-corrected chi connectivity index (χ3v) is 5.64. The second-order valence-electron chi connectivity index (χ2n) is 7.54. The molecule has 0 spiro atoms. The van der Waals surface area contributed by atoms with Crippen LogP contribution in [0.15, 0.2) is 78.5 Å². The summed E-state index contributed by atoms with van der Waals surface area (Å²) in [5, 5.41) is 0. The van der Waals surface area contributed by atoms with Gasteiger partial charge in [0.05, 0.1) is 11.3 Å². The number of hydrogen-bond donors (Lipinski definition) is 0. The molecule has 0 atom stereocenters. The predicted molar refractivity (Wildman–Crippen MR) is 114 cm³/mol. The molecule has 0 fully saturated rings. The van der Waals surface area contributed by atoms with Gasteiger partial charge in [-0.1, -0.05) is 36.4 Å². The normalized spacial score (nSPS) is 16.2. The van der Waals surface area contributed by atoms with Gasteiger partial charge >= 0.3 is 0 Å². The molecule has 2 amide bonds. The first-order valence-electron chi connectivity index (χ1n) is 10.0. The first kappa shape index (κ1) is 19.2. The Morgan fingerprint density at radius 2 is 1.55 bits per heavy atom. The average molecular weight is 416 g/mol. The molecule has 31 heavy (non-hydrogen) atoms. The molecule has 154 valence electrons. The van der Waals surface area contributed by atoms with Crippen molar-refractivity contribution in [1.29, 1.82) is 0 Å². The second kappa shape index (κ2) is 7.47. The van der Waals surface area contributed by atoms with Gasteiger partial charge in [-0.2, -0.15) is 0 Å². The number of aryl methyl sites for hydroxylation is 1. The van der Waals surface area contributed by atoms with Gasteiger partial charge in [0, 0.05) is 12.2 Å². The SMILES string of the molecule is O=C1C(c2ccc(F)cc2)=C(N2CCCc3ccccc32)C(=O)N1c1cccc(F)c1. The Hall–Kier alpha value is -3.80. The maximum absolute atomic E-state index is 13.9. The summed E-state index contributed by atoms with van der Waals surface area (Å²) in [6.07, 6.45) is 1.69. The second-order valence-corrected chi connectivity index (χ2v) is 7.54. The fourth-order valence-corrected chi connectivity index (χ4v) is 4.26. The average Bonchev–Trinajstić information content (AvgIpc) is 3.04. The molecule has 2 aliphatic rings. The zero-order valence-corrected chi connectivity index (χ0v) is 16.5. The Morgan fingerprint density at radius 1 is 0.774 bits per heavy atom. The van der Waals surface area contributed by atoms with Gasteiger partial charge in [0.1, 0.15) is 17.3 Å². The van der Waals surface area contributed by atoms with Crippen LogP contribution in [0.1, 0.15) is 17.5 Å². The number of hydrogen-bond acceptors (Lipinski definition) is 3. The molecule has 0 unspecified atom stereocenters. The first-order valence-corrected chi connectivity index (χ1v) is 10.0. The quantitative estimate of drug-likeness (QED) is 0.581.